The van der Waals surface area contributed by atoms with Gasteiger partial charge in [-0.2, -0.15) is 5.10 Å². The molecule has 0 bridgehead atoms. The Bertz CT molecular complexity index is 822. The van der Waals surface area contributed by atoms with Crippen LogP contribution in [0, 0.1) is 0 Å². The lowest BCUT2D eigenvalue weighted by molar-refractivity contribution is 0.171. The molecule has 0 atom stereocenters. The number of nitrogens with zero attached hydrogens (tertiary/aromatic N) is 1. The van der Waals surface area contributed by atoms with Gasteiger partial charge in [-0.15, -0.1) is 0 Å². The molecule has 0 saturated carbocycles. The van der Waals surface area contributed by atoms with Gasteiger partial charge in [0.05, 0.1) is 19.0 Å². The quantitative estimate of drug-likeness (QED) is 0.573. The van der Waals surface area contributed by atoms with Crippen molar-refractivity contribution in [3.63, 3.8) is 0 Å². The van der Waals surface area contributed by atoms with Crippen LogP contribution in [0.5, 0.6) is 0 Å². The molecule has 5 nitrogen and oxygen atoms in total. The number of fused-ring (bicyclic) bond motifs is 1. The summed E-state index contributed by atoms with van der Waals surface area (Å²) in [5, 5.41) is 4.99. The van der Waals surface area contributed by atoms with Crippen molar-refractivity contribution in [2.24, 2.45) is 5.10 Å². The summed E-state index contributed by atoms with van der Waals surface area (Å²) in [7, 11) is 1.30. The number of carbonyl (C=O) groups excluding carboxylic acids is 1. The van der Waals surface area contributed by atoms with Crippen molar-refractivity contribution >= 4 is 23.2 Å². The first-order chi connectivity index (χ1) is 10.8. The van der Waals surface area contributed by atoms with Crippen LogP contribution < -0.4 is 5.43 Å². The number of hydrogen-bond donors (Lipinski definition) is 2. The Morgan fingerprint density at radius 2 is 1.86 bits per heavy atom. The third-order valence-corrected chi connectivity index (χ3v) is 3.34. The molecule has 0 aliphatic heterocycles. The van der Waals surface area contributed by atoms with E-state index in [1.807, 2.05) is 54.6 Å². The fourth-order valence-corrected chi connectivity index (χ4v) is 2.33. The second kappa shape index (κ2) is 6.13. The first kappa shape index (κ1) is 13.9. The second-order valence-electron chi connectivity index (χ2n) is 4.69. The van der Waals surface area contributed by atoms with Crippen molar-refractivity contribution in [2.45, 2.75) is 0 Å². The number of nitrogens with one attached hydrogen (secondary N) is 2. The molecule has 22 heavy (non-hydrogen) atoms. The van der Waals surface area contributed by atoms with Gasteiger partial charge in [-0.25, -0.2) is 10.2 Å². The number of amides is 1. The normalized spacial score (nSPS) is 11.0. The fraction of sp³-hybridized carbons (Fsp3) is 0.0588. The zero-order valence-corrected chi connectivity index (χ0v) is 12.0. The van der Waals surface area contributed by atoms with Gasteiger partial charge in [-0.05, 0) is 11.6 Å². The summed E-state index contributed by atoms with van der Waals surface area (Å²) in [6.45, 7) is 0. The maximum absolute atomic E-state index is 11.1. The lowest BCUT2D eigenvalue weighted by Crippen LogP contribution is -2.16. The van der Waals surface area contributed by atoms with Crippen LogP contribution in [0.15, 0.2) is 59.7 Å². The summed E-state index contributed by atoms with van der Waals surface area (Å²) < 4.78 is 4.50. The summed E-state index contributed by atoms with van der Waals surface area (Å²) in [6, 6.07) is 17.9. The molecule has 0 aliphatic carbocycles. The van der Waals surface area contributed by atoms with E-state index in [0.717, 1.165) is 27.7 Å². The molecule has 0 saturated heterocycles. The second-order valence-corrected chi connectivity index (χ2v) is 4.69. The average Bonchev–Trinajstić information content (AvgIpc) is 2.94. The Kier molecular flexibility index (Phi) is 3.87. The molecule has 1 heterocycles. The van der Waals surface area contributed by atoms with Gasteiger partial charge in [0.2, 0.25) is 0 Å². The van der Waals surface area contributed by atoms with Gasteiger partial charge in [0.15, 0.2) is 0 Å². The molecule has 0 radical (unpaired) electrons. The lowest BCUT2D eigenvalue weighted by atomic mass is 10.1. The molecule has 110 valence electrons. The molecule has 0 unspecified atom stereocenters. The van der Waals surface area contributed by atoms with Crippen molar-refractivity contribution in [1.82, 2.24) is 10.4 Å². The van der Waals surface area contributed by atoms with Crippen molar-refractivity contribution in [2.75, 3.05) is 7.11 Å². The number of aromatic amines is 1. The van der Waals surface area contributed by atoms with Crippen molar-refractivity contribution in [3.8, 4) is 11.3 Å². The van der Waals surface area contributed by atoms with E-state index in [-0.39, 0.29) is 0 Å². The minimum Gasteiger partial charge on any atom is -0.452 e. The van der Waals surface area contributed by atoms with Crippen molar-refractivity contribution in [1.29, 1.82) is 0 Å². The van der Waals surface area contributed by atoms with Crippen LogP contribution in [-0.2, 0) is 4.74 Å². The van der Waals surface area contributed by atoms with Gasteiger partial charge in [0.1, 0.15) is 0 Å². The lowest BCUT2D eigenvalue weighted by Gasteiger charge is -2.01. The SMILES string of the molecule is COC(=O)N/N=C/c1c(-c2ccccc2)[nH]c2ccccc12. The Balaban J connectivity index is 2.08. The topological polar surface area (TPSA) is 66.5 Å². The van der Waals surface area contributed by atoms with Crippen LogP contribution in [0.3, 0.4) is 0 Å². The van der Waals surface area contributed by atoms with Gasteiger partial charge in [-0.1, -0.05) is 48.5 Å². The Hall–Kier alpha value is -3.08. The Morgan fingerprint density at radius 3 is 2.64 bits per heavy atom. The maximum atomic E-state index is 11.1. The van der Waals surface area contributed by atoms with Crippen molar-refractivity contribution < 1.29 is 9.53 Å². The van der Waals surface area contributed by atoms with Crippen molar-refractivity contribution in [3.05, 3.63) is 60.2 Å². The zero-order valence-electron chi connectivity index (χ0n) is 12.0. The third kappa shape index (κ3) is 2.69. The number of hydrazone groups is 1. The molecule has 3 aromatic rings. The number of carbonyl (C=O) groups is 1. The first-order valence-electron chi connectivity index (χ1n) is 6.83. The van der Waals surface area contributed by atoms with Crippen LogP contribution in [-0.4, -0.2) is 24.4 Å². The highest BCUT2D eigenvalue weighted by atomic mass is 16.5. The van der Waals surface area contributed by atoms with E-state index in [1.54, 1.807) is 6.21 Å². The maximum Gasteiger partial charge on any atom is 0.427 e. The minimum absolute atomic E-state index is 0.600. The van der Waals surface area contributed by atoms with Gasteiger partial charge < -0.3 is 9.72 Å². The molecule has 1 aromatic heterocycles. The number of hydrogen-bond acceptors (Lipinski definition) is 3. The molecule has 5 heteroatoms. The largest absolute Gasteiger partial charge is 0.452 e. The minimum atomic E-state index is -0.600. The van der Waals surface area contributed by atoms with E-state index in [9.17, 15) is 4.79 Å². The van der Waals surface area contributed by atoms with E-state index in [1.165, 1.54) is 7.11 Å². The molecule has 3 rings (SSSR count). The predicted molar refractivity (Wildman–Crippen MR) is 86.9 cm³/mol. The molecular formula is C17H15N3O2. The molecule has 0 fully saturated rings. The molecule has 0 spiro atoms. The van der Waals surface area contributed by atoms with Crippen LogP contribution >= 0.6 is 0 Å². The summed E-state index contributed by atoms with van der Waals surface area (Å²) in [4.78, 5) is 14.5. The number of aromatic nitrogens is 1. The van der Waals surface area contributed by atoms with Gasteiger partial charge in [0, 0.05) is 16.5 Å². The number of rotatable bonds is 3. The van der Waals surface area contributed by atoms with Crippen LogP contribution in [0.25, 0.3) is 22.2 Å². The summed E-state index contributed by atoms with van der Waals surface area (Å²) >= 11 is 0. The smallest absolute Gasteiger partial charge is 0.427 e. The summed E-state index contributed by atoms with van der Waals surface area (Å²) in [5.74, 6) is 0. The summed E-state index contributed by atoms with van der Waals surface area (Å²) in [5.41, 5.74) is 6.25. The molecule has 2 N–H and O–H groups in total. The molecule has 1 amide bonds. The standard InChI is InChI=1S/C17H15N3O2/c1-22-17(21)20-18-11-14-13-9-5-6-10-15(13)19-16(14)12-7-3-2-4-8-12/h2-11,19H,1H3,(H,20,21)/b18-11+. The molecule has 0 aliphatic rings. The highest BCUT2D eigenvalue weighted by Crippen LogP contribution is 2.28. The monoisotopic (exact) mass is 293 g/mol. The highest BCUT2D eigenvalue weighted by Gasteiger charge is 2.11. The predicted octanol–water partition coefficient (Wildman–Crippen LogP) is 3.52. The molecule has 2 aromatic carbocycles. The van der Waals surface area contributed by atoms with Gasteiger partial charge >= 0.3 is 6.09 Å². The van der Waals surface area contributed by atoms with E-state index in [2.05, 4.69) is 20.2 Å². The van der Waals surface area contributed by atoms with Crippen LogP contribution in [0.4, 0.5) is 4.79 Å². The van der Waals surface area contributed by atoms with Crippen LogP contribution in [0.2, 0.25) is 0 Å². The zero-order chi connectivity index (χ0) is 15.4. The number of para-hydroxylation sites is 1. The fourth-order valence-electron chi connectivity index (χ4n) is 2.33. The van der Waals surface area contributed by atoms with E-state index in [4.69, 9.17) is 0 Å². The average molecular weight is 293 g/mol. The summed E-state index contributed by atoms with van der Waals surface area (Å²) in [6.07, 6.45) is 1.02. The first-order valence-corrected chi connectivity index (χ1v) is 6.83. The number of benzene rings is 2. The number of H-pyrrole nitrogens is 1. The van der Waals surface area contributed by atoms with E-state index >= 15 is 0 Å². The third-order valence-electron chi connectivity index (χ3n) is 3.34. The van der Waals surface area contributed by atoms with Crippen LogP contribution in [0.1, 0.15) is 5.56 Å². The van der Waals surface area contributed by atoms with E-state index in [0.29, 0.717) is 0 Å². The van der Waals surface area contributed by atoms with E-state index < -0.39 is 6.09 Å². The number of methoxy groups -OCH3 is 1. The number of ether oxygens (including phenoxy) is 1. The molecular weight excluding hydrogens is 278 g/mol. The van der Waals surface area contributed by atoms with Gasteiger partial charge in [0.25, 0.3) is 0 Å². The highest BCUT2D eigenvalue weighted by molar-refractivity contribution is 6.05. The van der Waals surface area contributed by atoms with Gasteiger partial charge in [-0.3, -0.25) is 0 Å². The Labute approximate surface area is 127 Å². The Morgan fingerprint density at radius 1 is 1.14 bits per heavy atom.